The van der Waals surface area contributed by atoms with Gasteiger partial charge in [-0.3, -0.25) is 19.3 Å². The number of anilines is 2. The van der Waals surface area contributed by atoms with Crippen molar-refractivity contribution in [1.82, 2.24) is 19.7 Å². The second-order valence-electron chi connectivity index (χ2n) is 6.26. The van der Waals surface area contributed by atoms with Gasteiger partial charge in [-0.2, -0.15) is 5.10 Å². The number of rotatable bonds is 6. The van der Waals surface area contributed by atoms with Gasteiger partial charge >= 0.3 is 0 Å². The summed E-state index contributed by atoms with van der Waals surface area (Å²) in [4.78, 5) is 29.1. The van der Waals surface area contributed by atoms with E-state index in [-0.39, 0.29) is 18.4 Å². The molecule has 0 aliphatic heterocycles. The zero-order chi connectivity index (χ0) is 21.1. The smallest absolute Gasteiger partial charge is 0.246 e. The first-order chi connectivity index (χ1) is 14.5. The highest BCUT2D eigenvalue weighted by atomic mass is 32.1. The van der Waals surface area contributed by atoms with Crippen LogP contribution in [0.4, 0.5) is 10.8 Å². The Morgan fingerprint density at radius 3 is 2.67 bits per heavy atom. The predicted octanol–water partition coefficient (Wildman–Crippen LogP) is 4.39. The Balaban J connectivity index is 1.44. The molecule has 3 aromatic heterocycles. The van der Waals surface area contributed by atoms with Crippen LogP contribution < -0.4 is 10.6 Å². The second-order valence-corrected chi connectivity index (χ2v) is 8.45. The van der Waals surface area contributed by atoms with Crippen molar-refractivity contribution in [3.8, 4) is 22.0 Å². The van der Waals surface area contributed by atoms with Crippen molar-refractivity contribution in [3.63, 3.8) is 0 Å². The van der Waals surface area contributed by atoms with Crippen molar-refractivity contribution in [3.05, 3.63) is 51.9 Å². The van der Waals surface area contributed by atoms with Crippen LogP contribution in [0.3, 0.4) is 0 Å². The number of hydrogen-bond acceptors (Lipinski definition) is 7. The molecule has 0 aliphatic carbocycles. The van der Waals surface area contributed by atoms with Crippen LogP contribution in [0.1, 0.15) is 6.92 Å². The van der Waals surface area contributed by atoms with E-state index in [9.17, 15) is 9.59 Å². The number of aromatic amines is 1. The number of benzene rings is 1. The Bertz CT molecular complexity index is 1240. The molecule has 4 aromatic rings. The Morgan fingerprint density at radius 1 is 1.17 bits per heavy atom. The fraction of sp³-hybridized carbons (Fsp3) is 0.105. The topological polar surface area (TPSA) is 105 Å². The molecule has 0 fully saturated rings. The van der Waals surface area contributed by atoms with Gasteiger partial charge in [-0.25, -0.2) is 4.98 Å². The Kier molecular flexibility index (Phi) is 5.84. The number of carbonyl (C=O) groups excluding carboxylic acids is 2. The fourth-order valence-corrected chi connectivity index (χ4v) is 4.41. The van der Waals surface area contributed by atoms with Gasteiger partial charge in [0, 0.05) is 23.6 Å². The molecule has 1 aromatic carbocycles. The van der Waals surface area contributed by atoms with Crippen molar-refractivity contribution in [1.29, 1.82) is 0 Å². The molecule has 0 spiro atoms. The summed E-state index contributed by atoms with van der Waals surface area (Å²) in [7, 11) is 0. The molecule has 3 heterocycles. The first-order valence-corrected chi connectivity index (χ1v) is 11.0. The normalized spacial score (nSPS) is 10.7. The van der Waals surface area contributed by atoms with Crippen molar-refractivity contribution in [2.45, 2.75) is 13.5 Å². The lowest BCUT2D eigenvalue weighted by Gasteiger charge is -2.05. The molecule has 0 saturated carbocycles. The first kappa shape index (κ1) is 20.1. The molecule has 0 bridgehead atoms. The first-order valence-electron chi connectivity index (χ1n) is 8.82. The molecule has 11 heteroatoms. The summed E-state index contributed by atoms with van der Waals surface area (Å²) in [5.74, 6) is 0.262. The average Bonchev–Trinajstić information content (AvgIpc) is 3.45. The van der Waals surface area contributed by atoms with Gasteiger partial charge in [-0.05, 0) is 35.8 Å². The van der Waals surface area contributed by atoms with E-state index in [0.29, 0.717) is 21.4 Å². The maximum Gasteiger partial charge on any atom is 0.246 e. The summed E-state index contributed by atoms with van der Waals surface area (Å²) < 4.78 is 2.04. The highest BCUT2D eigenvalue weighted by Gasteiger charge is 2.14. The lowest BCUT2D eigenvalue weighted by atomic mass is 10.1. The standard InChI is InChI=1S/C19H16N6O2S3/c1-11(26)20-13-6-4-12(5-7-13)14-10-30-18(21-14)22-16(27)9-25-17(23-24-19(25)28)15-3-2-8-29-15/h2-8,10H,9H2,1H3,(H,20,26)(H,24,28)(H,21,22,27). The van der Waals surface area contributed by atoms with E-state index in [0.717, 1.165) is 16.1 Å². The molecular formula is C19H16N6O2S3. The van der Waals surface area contributed by atoms with E-state index < -0.39 is 0 Å². The summed E-state index contributed by atoms with van der Waals surface area (Å²) in [6.45, 7) is 1.49. The molecule has 8 nitrogen and oxygen atoms in total. The third-order valence-electron chi connectivity index (χ3n) is 4.05. The summed E-state index contributed by atoms with van der Waals surface area (Å²) in [5, 5.41) is 16.8. The highest BCUT2D eigenvalue weighted by molar-refractivity contribution is 7.71. The molecule has 0 saturated heterocycles. The number of thiophene rings is 1. The second kappa shape index (κ2) is 8.69. The summed E-state index contributed by atoms with van der Waals surface area (Å²) >= 11 is 8.13. The van der Waals surface area contributed by atoms with Gasteiger partial charge in [0.25, 0.3) is 0 Å². The molecule has 0 unspecified atom stereocenters. The minimum Gasteiger partial charge on any atom is -0.326 e. The van der Waals surface area contributed by atoms with Gasteiger partial charge < -0.3 is 10.6 Å². The van der Waals surface area contributed by atoms with Crippen molar-refractivity contribution >= 4 is 57.5 Å². The van der Waals surface area contributed by atoms with Gasteiger partial charge in [-0.1, -0.05) is 18.2 Å². The summed E-state index contributed by atoms with van der Waals surface area (Å²) in [6, 6.07) is 11.2. The van der Waals surface area contributed by atoms with Crippen LogP contribution in [0, 0.1) is 4.77 Å². The van der Waals surface area contributed by atoms with E-state index in [1.165, 1.54) is 29.6 Å². The third kappa shape index (κ3) is 4.53. The number of nitrogens with one attached hydrogen (secondary N) is 3. The molecule has 30 heavy (non-hydrogen) atoms. The number of H-pyrrole nitrogens is 1. The molecule has 3 N–H and O–H groups in total. The SMILES string of the molecule is CC(=O)Nc1ccc(-c2csc(NC(=O)Cn3c(-c4cccs4)n[nH]c3=S)n2)cc1. The molecule has 0 atom stereocenters. The van der Waals surface area contributed by atoms with Crippen LogP contribution in [0.15, 0.2) is 47.2 Å². The maximum atomic E-state index is 12.6. The van der Waals surface area contributed by atoms with E-state index in [1.807, 2.05) is 35.0 Å². The fourth-order valence-electron chi connectivity index (χ4n) is 2.75. The highest BCUT2D eigenvalue weighted by Crippen LogP contribution is 2.26. The van der Waals surface area contributed by atoms with Crippen molar-refractivity contribution < 1.29 is 9.59 Å². The average molecular weight is 457 g/mol. The predicted molar refractivity (Wildman–Crippen MR) is 121 cm³/mol. The van der Waals surface area contributed by atoms with Gasteiger partial charge in [-0.15, -0.1) is 22.7 Å². The number of nitrogens with zero attached hydrogens (tertiary/aromatic N) is 3. The van der Waals surface area contributed by atoms with E-state index >= 15 is 0 Å². The lowest BCUT2D eigenvalue weighted by Crippen LogP contribution is -2.19. The Morgan fingerprint density at radius 2 is 1.97 bits per heavy atom. The van der Waals surface area contributed by atoms with Crippen LogP contribution in [0.5, 0.6) is 0 Å². The summed E-state index contributed by atoms with van der Waals surface area (Å²) in [5.41, 5.74) is 2.34. The van der Waals surface area contributed by atoms with Crippen molar-refractivity contribution in [2.24, 2.45) is 0 Å². The van der Waals surface area contributed by atoms with Gasteiger partial charge in [0.15, 0.2) is 15.7 Å². The third-order valence-corrected chi connectivity index (χ3v) is 5.99. The minimum absolute atomic E-state index is 0.0306. The Labute approximate surface area is 184 Å². The van der Waals surface area contributed by atoms with E-state index in [4.69, 9.17) is 12.2 Å². The number of hydrogen-bond donors (Lipinski definition) is 3. The van der Waals surface area contributed by atoms with Gasteiger partial charge in [0.2, 0.25) is 11.8 Å². The molecule has 0 aliphatic rings. The molecule has 4 rings (SSSR count). The van der Waals surface area contributed by atoms with Crippen LogP contribution in [-0.4, -0.2) is 31.6 Å². The molecule has 152 valence electrons. The quantitative estimate of drug-likeness (QED) is 0.373. The summed E-state index contributed by atoms with van der Waals surface area (Å²) in [6.07, 6.45) is 0. The number of aromatic nitrogens is 4. The number of carbonyl (C=O) groups is 2. The van der Waals surface area contributed by atoms with Crippen LogP contribution >= 0.6 is 34.9 Å². The number of thiazole rings is 1. The van der Waals surface area contributed by atoms with Crippen LogP contribution in [0.25, 0.3) is 22.0 Å². The monoisotopic (exact) mass is 456 g/mol. The van der Waals surface area contributed by atoms with Crippen LogP contribution in [0.2, 0.25) is 0 Å². The maximum absolute atomic E-state index is 12.6. The Hall–Kier alpha value is -3.15. The zero-order valence-electron chi connectivity index (χ0n) is 15.7. The number of amides is 2. The van der Waals surface area contributed by atoms with E-state index in [1.54, 1.807) is 16.7 Å². The van der Waals surface area contributed by atoms with E-state index in [2.05, 4.69) is 25.8 Å². The largest absolute Gasteiger partial charge is 0.326 e. The zero-order valence-corrected chi connectivity index (χ0v) is 18.2. The molecule has 0 radical (unpaired) electrons. The molecule has 2 amide bonds. The lowest BCUT2D eigenvalue weighted by molar-refractivity contribution is -0.117. The van der Waals surface area contributed by atoms with Crippen molar-refractivity contribution in [2.75, 3.05) is 10.6 Å². The van der Waals surface area contributed by atoms with Gasteiger partial charge in [0.1, 0.15) is 6.54 Å². The van der Waals surface area contributed by atoms with Crippen LogP contribution in [-0.2, 0) is 16.1 Å². The molecular weight excluding hydrogens is 440 g/mol. The van der Waals surface area contributed by atoms with Gasteiger partial charge in [0.05, 0.1) is 10.6 Å². The minimum atomic E-state index is -0.243.